The largest absolute Gasteiger partial charge is 0.295 e. The fourth-order valence-electron chi connectivity index (χ4n) is 3.40. The van der Waals surface area contributed by atoms with E-state index in [0.717, 1.165) is 6.42 Å². The average Bonchev–Trinajstić information content (AvgIpc) is 2.15. The number of carbonyl (C=O) groups is 1. The molecule has 1 aliphatic rings. The third-order valence-corrected chi connectivity index (χ3v) is 3.89. The van der Waals surface area contributed by atoms with Gasteiger partial charge in [-0.3, -0.25) is 4.79 Å². The van der Waals surface area contributed by atoms with Crippen molar-refractivity contribution in [3.05, 3.63) is 24.8 Å². The molecule has 0 aromatic rings. The molecular formula is C15H24O. The summed E-state index contributed by atoms with van der Waals surface area (Å²) in [6.07, 6.45) is 7.82. The van der Waals surface area contributed by atoms with Gasteiger partial charge in [-0.05, 0) is 35.7 Å². The number of carbonyl (C=O) groups excluding carboxylic acids is 1. The minimum atomic E-state index is 0.171. The normalized spacial score (nSPS) is 29.8. The molecule has 1 nitrogen and oxygen atoms in total. The number of hydrogen-bond acceptors (Lipinski definition) is 1. The van der Waals surface area contributed by atoms with Gasteiger partial charge < -0.3 is 0 Å². The molecule has 0 amide bonds. The van der Waals surface area contributed by atoms with Crippen molar-refractivity contribution >= 4 is 5.78 Å². The Balaban J connectivity index is 2.80. The van der Waals surface area contributed by atoms with Gasteiger partial charge in [0.2, 0.25) is 0 Å². The fraction of sp³-hybridized carbons (Fsp3) is 0.667. The zero-order valence-electron chi connectivity index (χ0n) is 11.0. The van der Waals surface area contributed by atoms with Crippen LogP contribution in [-0.2, 0) is 4.79 Å². The molecule has 1 heteroatoms. The zero-order valence-corrected chi connectivity index (χ0v) is 11.0. The van der Waals surface area contributed by atoms with E-state index in [4.69, 9.17) is 0 Å². The average molecular weight is 220 g/mol. The zero-order chi connectivity index (χ0) is 12.3. The van der Waals surface area contributed by atoms with Crippen LogP contribution in [0.25, 0.3) is 0 Å². The van der Waals surface area contributed by atoms with Crippen molar-refractivity contribution in [1.82, 2.24) is 0 Å². The van der Waals surface area contributed by atoms with Crippen LogP contribution >= 0.6 is 0 Å². The van der Waals surface area contributed by atoms with Crippen molar-refractivity contribution < 1.29 is 4.79 Å². The van der Waals surface area contributed by atoms with Gasteiger partial charge in [0.05, 0.1) is 0 Å². The highest BCUT2D eigenvalue weighted by molar-refractivity contribution is 5.89. The lowest BCUT2D eigenvalue weighted by molar-refractivity contribution is -0.116. The van der Waals surface area contributed by atoms with E-state index in [1.54, 1.807) is 0 Å². The number of allylic oxidation sites excluding steroid dienone is 3. The minimum absolute atomic E-state index is 0.171. The Labute approximate surface area is 99.6 Å². The smallest absolute Gasteiger partial charge is 0.155 e. The summed E-state index contributed by atoms with van der Waals surface area (Å²) in [6, 6.07) is 0. The van der Waals surface area contributed by atoms with Crippen LogP contribution in [-0.4, -0.2) is 5.78 Å². The molecular weight excluding hydrogens is 196 g/mol. The van der Waals surface area contributed by atoms with Crippen LogP contribution in [0.15, 0.2) is 24.8 Å². The second-order valence-corrected chi connectivity index (χ2v) is 5.81. The Bertz CT molecular complexity index is 299. The molecule has 1 rings (SSSR count). The summed E-state index contributed by atoms with van der Waals surface area (Å²) < 4.78 is 0. The molecule has 0 spiro atoms. The minimum Gasteiger partial charge on any atom is -0.295 e. The SMILES string of the molecule is C=CC(=O)CC(C)C1[C@@H](C)CC=CC1(C)C. The van der Waals surface area contributed by atoms with E-state index in [2.05, 4.69) is 46.4 Å². The molecule has 0 fully saturated rings. The molecule has 2 unspecified atom stereocenters. The Morgan fingerprint density at radius 2 is 2.25 bits per heavy atom. The predicted octanol–water partition coefficient (Wildman–Crippen LogP) is 4.01. The Morgan fingerprint density at radius 3 is 2.75 bits per heavy atom. The van der Waals surface area contributed by atoms with Gasteiger partial charge in [0.1, 0.15) is 0 Å². The summed E-state index contributed by atoms with van der Waals surface area (Å²) >= 11 is 0. The molecule has 90 valence electrons. The van der Waals surface area contributed by atoms with E-state index in [0.29, 0.717) is 24.2 Å². The van der Waals surface area contributed by atoms with E-state index in [1.165, 1.54) is 6.08 Å². The molecule has 1 aliphatic carbocycles. The molecule has 0 radical (unpaired) electrons. The number of hydrogen-bond donors (Lipinski definition) is 0. The van der Waals surface area contributed by atoms with E-state index in [1.807, 2.05) is 0 Å². The second-order valence-electron chi connectivity index (χ2n) is 5.81. The summed E-state index contributed by atoms with van der Waals surface area (Å²) in [5.74, 6) is 1.85. The van der Waals surface area contributed by atoms with Gasteiger partial charge in [-0.1, -0.05) is 46.4 Å². The first-order valence-electron chi connectivity index (χ1n) is 6.21. The van der Waals surface area contributed by atoms with E-state index in [9.17, 15) is 4.79 Å². The van der Waals surface area contributed by atoms with Crippen molar-refractivity contribution in [3.8, 4) is 0 Å². The van der Waals surface area contributed by atoms with Crippen LogP contribution in [0, 0.1) is 23.2 Å². The Morgan fingerprint density at radius 1 is 1.62 bits per heavy atom. The second kappa shape index (κ2) is 4.99. The summed E-state index contributed by atoms with van der Waals surface area (Å²) in [5.41, 5.74) is 0.207. The molecule has 0 saturated heterocycles. The predicted molar refractivity (Wildman–Crippen MR) is 69.2 cm³/mol. The summed E-state index contributed by atoms with van der Waals surface area (Å²) in [5, 5.41) is 0. The molecule has 0 saturated carbocycles. The third kappa shape index (κ3) is 2.84. The first-order valence-corrected chi connectivity index (χ1v) is 6.21. The maximum Gasteiger partial charge on any atom is 0.155 e. The summed E-state index contributed by atoms with van der Waals surface area (Å²) in [4.78, 5) is 11.4. The van der Waals surface area contributed by atoms with Gasteiger partial charge in [-0.15, -0.1) is 0 Å². The molecule has 0 bridgehead atoms. The molecule has 0 aromatic carbocycles. The lowest BCUT2D eigenvalue weighted by Gasteiger charge is -2.43. The summed E-state index contributed by atoms with van der Waals surface area (Å²) in [7, 11) is 0. The van der Waals surface area contributed by atoms with Crippen LogP contribution in [0.5, 0.6) is 0 Å². The van der Waals surface area contributed by atoms with Crippen molar-refractivity contribution in [2.24, 2.45) is 23.2 Å². The highest BCUT2D eigenvalue weighted by atomic mass is 16.1. The van der Waals surface area contributed by atoms with Crippen molar-refractivity contribution in [3.63, 3.8) is 0 Å². The number of rotatable bonds is 4. The van der Waals surface area contributed by atoms with Gasteiger partial charge in [0.15, 0.2) is 5.78 Å². The maximum atomic E-state index is 11.4. The third-order valence-electron chi connectivity index (χ3n) is 3.89. The topological polar surface area (TPSA) is 17.1 Å². The van der Waals surface area contributed by atoms with Crippen LogP contribution in [0.3, 0.4) is 0 Å². The standard InChI is InChI=1S/C15H24O/c1-6-13(16)10-12(3)14-11(2)8-7-9-15(14,4)5/h6-7,9,11-12,14H,1,8,10H2,2-5H3/t11-,12?,14?/m0/s1. The molecule has 0 heterocycles. The van der Waals surface area contributed by atoms with E-state index >= 15 is 0 Å². The maximum absolute atomic E-state index is 11.4. The van der Waals surface area contributed by atoms with Gasteiger partial charge in [0.25, 0.3) is 0 Å². The quantitative estimate of drug-likeness (QED) is 0.517. The number of ketones is 1. The first-order chi connectivity index (χ1) is 7.38. The monoisotopic (exact) mass is 220 g/mol. The van der Waals surface area contributed by atoms with Crippen molar-refractivity contribution in [1.29, 1.82) is 0 Å². The lowest BCUT2D eigenvalue weighted by Crippen LogP contribution is -2.36. The van der Waals surface area contributed by atoms with Gasteiger partial charge in [0, 0.05) is 6.42 Å². The van der Waals surface area contributed by atoms with Crippen molar-refractivity contribution in [2.45, 2.75) is 40.5 Å². The lowest BCUT2D eigenvalue weighted by atomic mass is 9.62. The fourth-order valence-corrected chi connectivity index (χ4v) is 3.40. The van der Waals surface area contributed by atoms with Crippen molar-refractivity contribution in [2.75, 3.05) is 0 Å². The Kier molecular flexibility index (Phi) is 4.12. The van der Waals surface area contributed by atoms with Crippen LogP contribution in [0.1, 0.15) is 40.5 Å². The molecule has 0 aliphatic heterocycles. The Hall–Kier alpha value is -0.850. The molecule has 0 aromatic heterocycles. The van der Waals surface area contributed by atoms with Crippen LogP contribution in [0.2, 0.25) is 0 Å². The molecule has 3 atom stereocenters. The van der Waals surface area contributed by atoms with Gasteiger partial charge in [-0.2, -0.15) is 0 Å². The van der Waals surface area contributed by atoms with E-state index in [-0.39, 0.29) is 11.2 Å². The highest BCUT2D eigenvalue weighted by Crippen LogP contribution is 2.44. The molecule has 0 N–H and O–H groups in total. The highest BCUT2D eigenvalue weighted by Gasteiger charge is 2.37. The molecule has 16 heavy (non-hydrogen) atoms. The van der Waals surface area contributed by atoms with Crippen LogP contribution < -0.4 is 0 Å². The van der Waals surface area contributed by atoms with Crippen LogP contribution in [0.4, 0.5) is 0 Å². The summed E-state index contributed by atoms with van der Waals surface area (Å²) in [6.45, 7) is 12.6. The van der Waals surface area contributed by atoms with Gasteiger partial charge in [-0.25, -0.2) is 0 Å². The van der Waals surface area contributed by atoms with E-state index < -0.39 is 0 Å². The van der Waals surface area contributed by atoms with Gasteiger partial charge >= 0.3 is 0 Å². The first kappa shape index (κ1) is 13.2.